The Kier molecular flexibility index (Phi) is 4.99. The molecule has 1 heterocycles. The first-order valence-corrected chi connectivity index (χ1v) is 7.01. The van der Waals surface area contributed by atoms with Crippen molar-refractivity contribution in [3.63, 3.8) is 0 Å². The number of benzene rings is 1. The third kappa shape index (κ3) is 4.18. The minimum Gasteiger partial charge on any atom is -0.395 e. The summed E-state index contributed by atoms with van der Waals surface area (Å²) < 4.78 is 37.3. The van der Waals surface area contributed by atoms with Crippen molar-refractivity contribution in [1.82, 2.24) is 10.3 Å². The van der Waals surface area contributed by atoms with Crippen LogP contribution in [-0.2, 0) is 6.18 Å². The quantitative estimate of drug-likeness (QED) is 0.787. The fourth-order valence-corrected chi connectivity index (χ4v) is 2.31. The van der Waals surface area contributed by atoms with Crippen molar-refractivity contribution in [2.24, 2.45) is 0 Å². The summed E-state index contributed by atoms with van der Waals surface area (Å²) >= 11 is 1.06. The van der Waals surface area contributed by atoms with Crippen molar-refractivity contribution in [2.75, 3.05) is 18.5 Å². The number of hydrogen-bond donors (Lipinski definition) is 3. The van der Waals surface area contributed by atoms with Crippen molar-refractivity contribution in [3.8, 4) is 0 Å². The van der Waals surface area contributed by atoms with E-state index in [0.29, 0.717) is 15.7 Å². The summed E-state index contributed by atoms with van der Waals surface area (Å²) in [5.74, 6) is -0.369. The fourth-order valence-electron chi connectivity index (χ4n) is 1.56. The monoisotopic (exact) mass is 331 g/mol. The van der Waals surface area contributed by atoms with Gasteiger partial charge in [-0.3, -0.25) is 4.79 Å². The summed E-state index contributed by atoms with van der Waals surface area (Å²) in [6.07, 6.45) is -3.03. The van der Waals surface area contributed by atoms with E-state index in [1.807, 2.05) is 0 Å². The second-order valence-corrected chi connectivity index (χ2v) is 5.24. The van der Waals surface area contributed by atoms with E-state index in [2.05, 4.69) is 15.6 Å². The molecule has 2 aromatic rings. The number of hydrogen-bond acceptors (Lipinski definition) is 5. The fraction of sp³-hybridized carbons (Fsp3) is 0.231. The lowest BCUT2D eigenvalue weighted by Gasteiger charge is -2.07. The Morgan fingerprint density at radius 2 is 1.95 bits per heavy atom. The second-order valence-electron chi connectivity index (χ2n) is 4.21. The molecule has 9 heteroatoms. The third-order valence-corrected chi connectivity index (χ3v) is 3.50. The topological polar surface area (TPSA) is 74.2 Å². The van der Waals surface area contributed by atoms with Gasteiger partial charge in [0, 0.05) is 12.2 Å². The van der Waals surface area contributed by atoms with Crippen molar-refractivity contribution in [3.05, 3.63) is 40.9 Å². The molecule has 0 bridgehead atoms. The molecule has 0 atom stereocenters. The maximum atomic E-state index is 12.4. The predicted molar refractivity (Wildman–Crippen MR) is 76.3 cm³/mol. The molecule has 1 aromatic heterocycles. The SMILES string of the molecule is O=C(NCCO)c1cnc(Nc2ccc(C(F)(F)F)cc2)s1. The van der Waals surface area contributed by atoms with Gasteiger partial charge in [-0.1, -0.05) is 11.3 Å². The molecule has 0 aliphatic heterocycles. The number of thiazole rings is 1. The highest BCUT2D eigenvalue weighted by Gasteiger charge is 2.29. The van der Waals surface area contributed by atoms with Crippen LogP contribution in [0, 0.1) is 0 Å². The first-order valence-electron chi connectivity index (χ1n) is 6.19. The Morgan fingerprint density at radius 3 is 2.55 bits per heavy atom. The van der Waals surface area contributed by atoms with Gasteiger partial charge < -0.3 is 15.7 Å². The molecule has 0 spiro atoms. The normalized spacial score (nSPS) is 11.3. The van der Waals surface area contributed by atoms with E-state index in [1.165, 1.54) is 18.3 Å². The first-order chi connectivity index (χ1) is 10.4. The van der Waals surface area contributed by atoms with Crippen LogP contribution in [0.15, 0.2) is 30.5 Å². The van der Waals surface area contributed by atoms with Gasteiger partial charge in [-0.15, -0.1) is 0 Å². The molecule has 3 N–H and O–H groups in total. The van der Waals surface area contributed by atoms with Crippen LogP contribution >= 0.6 is 11.3 Å². The number of halogens is 3. The number of nitrogens with one attached hydrogen (secondary N) is 2. The molecule has 0 aliphatic carbocycles. The molecule has 0 saturated carbocycles. The van der Waals surface area contributed by atoms with Crippen molar-refractivity contribution in [1.29, 1.82) is 0 Å². The molecule has 22 heavy (non-hydrogen) atoms. The first kappa shape index (κ1) is 16.2. The van der Waals surface area contributed by atoms with Crippen LogP contribution in [0.25, 0.3) is 0 Å². The molecule has 0 radical (unpaired) electrons. The molecule has 1 aromatic carbocycles. The number of aliphatic hydroxyl groups excluding tert-OH is 1. The lowest BCUT2D eigenvalue weighted by atomic mass is 10.2. The molecule has 0 aliphatic rings. The Balaban J connectivity index is 2.02. The Labute approximate surface area is 127 Å². The molecule has 118 valence electrons. The zero-order chi connectivity index (χ0) is 16.2. The Hall–Kier alpha value is -2.13. The van der Waals surface area contributed by atoms with Gasteiger partial charge >= 0.3 is 6.18 Å². The zero-order valence-electron chi connectivity index (χ0n) is 11.1. The highest BCUT2D eigenvalue weighted by Crippen LogP contribution is 2.30. The van der Waals surface area contributed by atoms with Crippen molar-refractivity contribution >= 4 is 28.1 Å². The standard InChI is InChI=1S/C13H12F3N3O2S/c14-13(15,16)8-1-3-9(4-2-8)19-12-18-7-10(22-12)11(21)17-5-6-20/h1-4,7,20H,5-6H2,(H,17,21)(H,18,19). The number of anilines is 2. The summed E-state index contributed by atoms with van der Waals surface area (Å²) in [4.78, 5) is 15.9. The summed E-state index contributed by atoms with van der Waals surface area (Å²) in [5.41, 5.74) is -0.300. The molecule has 0 unspecified atom stereocenters. The minimum atomic E-state index is -4.38. The van der Waals surface area contributed by atoms with Gasteiger partial charge in [0.05, 0.1) is 18.4 Å². The summed E-state index contributed by atoms with van der Waals surface area (Å²) in [6, 6.07) is 4.50. The lowest BCUT2D eigenvalue weighted by Crippen LogP contribution is -2.25. The van der Waals surface area contributed by atoms with E-state index in [-0.39, 0.29) is 19.1 Å². The largest absolute Gasteiger partial charge is 0.416 e. The molecule has 0 fully saturated rings. The average molecular weight is 331 g/mol. The van der Waals surface area contributed by atoms with Crippen LogP contribution < -0.4 is 10.6 Å². The second kappa shape index (κ2) is 6.75. The van der Waals surface area contributed by atoms with Crippen molar-refractivity contribution in [2.45, 2.75) is 6.18 Å². The number of amides is 1. The van der Waals surface area contributed by atoms with Crippen LogP contribution in [0.4, 0.5) is 24.0 Å². The number of carbonyl (C=O) groups is 1. The molecular weight excluding hydrogens is 319 g/mol. The molecule has 5 nitrogen and oxygen atoms in total. The maximum absolute atomic E-state index is 12.4. The maximum Gasteiger partial charge on any atom is 0.416 e. The van der Waals surface area contributed by atoms with E-state index in [1.54, 1.807) is 0 Å². The Morgan fingerprint density at radius 1 is 1.27 bits per heavy atom. The number of rotatable bonds is 5. The van der Waals surface area contributed by atoms with E-state index < -0.39 is 11.7 Å². The summed E-state index contributed by atoms with van der Waals surface area (Å²) in [7, 11) is 0. The molecule has 2 rings (SSSR count). The lowest BCUT2D eigenvalue weighted by molar-refractivity contribution is -0.137. The third-order valence-electron chi connectivity index (χ3n) is 2.59. The number of nitrogens with zero attached hydrogens (tertiary/aromatic N) is 1. The van der Waals surface area contributed by atoms with E-state index in [9.17, 15) is 18.0 Å². The molecule has 1 amide bonds. The van der Waals surface area contributed by atoms with Crippen LogP contribution in [0.2, 0.25) is 0 Å². The molecular formula is C13H12F3N3O2S. The molecule has 0 saturated heterocycles. The number of carbonyl (C=O) groups excluding carboxylic acids is 1. The highest BCUT2D eigenvalue weighted by atomic mass is 32.1. The summed E-state index contributed by atoms with van der Waals surface area (Å²) in [5, 5.41) is 14.3. The van der Waals surface area contributed by atoms with Crippen LogP contribution in [-0.4, -0.2) is 29.1 Å². The highest BCUT2D eigenvalue weighted by molar-refractivity contribution is 7.17. The van der Waals surface area contributed by atoms with Gasteiger partial charge in [0.1, 0.15) is 4.88 Å². The number of aromatic nitrogens is 1. The van der Waals surface area contributed by atoms with Crippen LogP contribution in [0.5, 0.6) is 0 Å². The van der Waals surface area contributed by atoms with Gasteiger partial charge in [-0.25, -0.2) is 4.98 Å². The summed E-state index contributed by atoms with van der Waals surface area (Å²) in [6.45, 7) is -0.0282. The smallest absolute Gasteiger partial charge is 0.395 e. The minimum absolute atomic E-state index is 0.137. The van der Waals surface area contributed by atoms with E-state index in [4.69, 9.17) is 5.11 Å². The van der Waals surface area contributed by atoms with Gasteiger partial charge in [-0.05, 0) is 24.3 Å². The van der Waals surface area contributed by atoms with Gasteiger partial charge in [-0.2, -0.15) is 13.2 Å². The van der Waals surface area contributed by atoms with Crippen molar-refractivity contribution < 1.29 is 23.1 Å². The Bertz CT molecular complexity index is 641. The average Bonchev–Trinajstić information content (AvgIpc) is 2.93. The van der Waals surface area contributed by atoms with E-state index in [0.717, 1.165) is 23.5 Å². The van der Waals surface area contributed by atoms with Gasteiger partial charge in [0.2, 0.25) is 0 Å². The van der Waals surface area contributed by atoms with Gasteiger partial charge in [0.15, 0.2) is 5.13 Å². The van der Waals surface area contributed by atoms with E-state index >= 15 is 0 Å². The number of alkyl halides is 3. The van der Waals surface area contributed by atoms with Crippen LogP contribution in [0.3, 0.4) is 0 Å². The van der Waals surface area contributed by atoms with Gasteiger partial charge in [0.25, 0.3) is 5.91 Å². The number of aliphatic hydroxyl groups is 1. The van der Waals surface area contributed by atoms with Crippen LogP contribution in [0.1, 0.15) is 15.2 Å². The zero-order valence-corrected chi connectivity index (χ0v) is 12.0. The predicted octanol–water partition coefficient (Wildman–Crippen LogP) is 2.63.